The molecule has 8 nitrogen and oxygen atoms in total. The summed E-state index contributed by atoms with van der Waals surface area (Å²) in [7, 11) is -2.76. The first-order valence-electron chi connectivity index (χ1n) is 13.9. The number of hydrogen-bond donors (Lipinski definition) is 1. The third kappa shape index (κ3) is 8.11. The van der Waals surface area contributed by atoms with E-state index in [0.29, 0.717) is 28.0 Å². The maximum Gasteiger partial charge on any atom is 0.264 e. The molecular formula is C33H33Cl2N3O5S. The van der Waals surface area contributed by atoms with Crippen LogP contribution in [0.1, 0.15) is 18.1 Å². The first-order valence-corrected chi connectivity index (χ1v) is 16.1. The number of anilines is 1. The van der Waals surface area contributed by atoms with Crippen molar-refractivity contribution < 1.29 is 22.7 Å². The predicted octanol–water partition coefficient (Wildman–Crippen LogP) is 5.97. The van der Waals surface area contributed by atoms with Crippen molar-refractivity contribution in [3.63, 3.8) is 0 Å². The maximum absolute atomic E-state index is 14.3. The van der Waals surface area contributed by atoms with Crippen LogP contribution in [0.2, 0.25) is 10.0 Å². The highest BCUT2D eigenvalue weighted by molar-refractivity contribution is 7.92. The van der Waals surface area contributed by atoms with Crippen LogP contribution >= 0.6 is 23.2 Å². The van der Waals surface area contributed by atoms with Gasteiger partial charge in [-0.05, 0) is 72.6 Å². The van der Waals surface area contributed by atoms with Crippen molar-refractivity contribution in [2.24, 2.45) is 0 Å². The summed E-state index contributed by atoms with van der Waals surface area (Å²) in [4.78, 5) is 29.0. The molecule has 44 heavy (non-hydrogen) atoms. The molecule has 1 atom stereocenters. The zero-order valence-electron chi connectivity index (χ0n) is 24.3. The van der Waals surface area contributed by atoms with E-state index in [1.165, 1.54) is 36.2 Å². The SMILES string of the molecule is CCOc1ccc(N(CC(=O)N(Cc2ccccc2Cl)[C@H](Cc2ccccc2)C(=O)NC)S(=O)(=O)c2ccc(Cl)cc2)cc1. The smallest absolute Gasteiger partial charge is 0.264 e. The molecule has 0 aliphatic carbocycles. The number of nitrogens with one attached hydrogen (secondary N) is 1. The molecule has 0 aliphatic heterocycles. The number of amides is 2. The molecule has 0 aliphatic rings. The van der Waals surface area contributed by atoms with Gasteiger partial charge in [-0.2, -0.15) is 0 Å². The second kappa shape index (κ2) is 15.1. The lowest BCUT2D eigenvalue weighted by Gasteiger charge is -2.33. The molecule has 0 bridgehead atoms. The number of benzene rings is 4. The molecule has 4 aromatic carbocycles. The van der Waals surface area contributed by atoms with Crippen LogP contribution in [-0.2, 0) is 32.6 Å². The van der Waals surface area contributed by atoms with E-state index in [4.69, 9.17) is 27.9 Å². The number of carbonyl (C=O) groups is 2. The van der Waals surface area contributed by atoms with Crippen LogP contribution < -0.4 is 14.4 Å². The average molecular weight is 655 g/mol. The molecule has 11 heteroatoms. The van der Waals surface area contributed by atoms with E-state index in [9.17, 15) is 18.0 Å². The Labute approximate surface area is 268 Å². The summed E-state index contributed by atoms with van der Waals surface area (Å²) in [5.41, 5.74) is 1.68. The number of carbonyl (C=O) groups excluding carboxylic acids is 2. The number of halogens is 2. The summed E-state index contributed by atoms with van der Waals surface area (Å²) < 4.78 is 34.7. The van der Waals surface area contributed by atoms with Crippen molar-refractivity contribution in [3.05, 3.63) is 124 Å². The van der Waals surface area contributed by atoms with Crippen LogP contribution in [-0.4, -0.2) is 51.4 Å². The maximum atomic E-state index is 14.3. The van der Waals surface area contributed by atoms with Gasteiger partial charge in [0.25, 0.3) is 10.0 Å². The fraction of sp³-hybridized carbons (Fsp3) is 0.212. The number of sulfonamides is 1. The van der Waals surface area contributed by atoms with Gasteiger partial charge in [0, 0.05) is 30.1 Å². The summed E-state index contributed by atoms with van der Waals surface area (Å²) >= 11 is 12.5. The topological polar surface area (TPSA) is 96.0 Å². The lowest BCUT2D eigenvalue weighted by atomic mass is 10.0. The first kappa shape index (κ1) is 32.9. The second-order valence-corrected chi connectivity index (χ2v) is 12.5. The molecule has 0 saturated carbocycles. The predicted molar refractivity (Wildman–Crippen MR) is 174 cm³/mol. The van der Waals surface area contributed by atoms with Crippen LogP contribution in [0.15, 0.2) is 108 Å². The lowest BCUT2D eigenvalue weighted by Crippen LogP contribution is -2.53. The third-order valence-electron chi connectivity index (χ3n) is 6.93. The molecule has 0 saturated heterocycles. The average Bonchev–Trinajstić information content (AvgIpc) is 3.03. The van der Waals surface area contributed by atoms with E-state index in [-0.39, 0.29) is 23.5 Å². The Balaban J connectivity index is 1.79. The monoisotopic (exact) mass is 653 g/mol. The highest BCUT2D eigenvalue weighted by Crippen LogP contribution is 2.28. The number of nitrogens with zero attached hydrogens (tertiary/aromatic N) is 2. The van der Waals surface area contributed by atoms with Crippen LogP contribution in [0.5, 0.6) is 5.75 Å². The van der Waals surface area contributed by atoms with Gasteiger partial charge in [-0.3, -0.25) is 13.9 Å². The quantitative estimate of drug-likeness (QED) is 0.192. The van der Waals surface area contributed by atoms with E-state index in [1.807, 2.05) is 37.3 Å². The van der Waals surface area contributed by atoms with E-state index in [0.717, 1.165) is 9.87 Å². The Hall–Kier alpha value is -4.05. The van der Waals surface area contributed by atoms with Crippen LogP contribution in [0.25, 0.3) is 0 Å². The van der Waals surface area contributed by atoms with Gasteiger partial charge in [-0.15, -0.1) is 0 Å². The van der Waals surface area contributed by atoms with Gasteiger partial charge in [-0.25, -0.2) is 8.42 Å². The molecule has 0 spiro atoms. The third-order valence-corrected chi connectivity index (χ3v) is 9.34. The summed E-state index contributed by atoms with van der Waals surface area (Å²) in [6.07, 6.45) is 0.198. The Morgan fingerprint density at radius 3 is 2.11 bits per heavy atom. The minimum absolute atomic E-state index is 0.0263. The normalized spacial score (nSPS) is 11.8. The minimum Gasteiger partial charge on any atom is -0.494 e. The lowest BCUT2D eigenvalue weighted by molar-refractivity contribution is -0.139. The standard InChI is InChI=1S/C33H33Cl2N3O5S/c1-3-43-28-17-15-27(16-18-28)38(44(41,42)29-19-13-26(34)14-20-29)23-32(39)37(22-25-11-7-8-12-30(25)35)31(33(40)36-2)21-24-9-5-4-6-10-24/h4-20,31H,3,21-23H2,1-2H3,(H,36,40)/t31-/m1/s1. The Kier molecular flexibility index (Phi) is 11.3. The van der Waals surface area contributed by atoms with E-state index in [2.05, 4.69) is 5.32 Å². The van der Waals surface area contributed by atoms with Gasteiger partial charge in [0.15, 0.2) is 0 Å². The number of likely N-dealkylation sites (N-methyl/N-ethyl adjacent to an activating group) is 1. The molecule has 0 radical (unpaired) electrons. The fourth-order valence-corrected chi connectivity index (χ4v) is 6.40. The van der Waals surface area contributed by atoms with E-state index >= 15 is 0 Å². The summed E-state index contributed by atoms with van der Waals surface area (Å²) in [6, 6.07) is 27.5. The Bertz CT molecular complexity index is 1670. The highest BCUT2D eigenvalue weighted by Gasteiger charge is 2.34. The first-order chi connectivity index (χ1) is 21.1. The summed E-state index contributed by atoms with van der Waals surface area (Å²) in [5, 5.41) is 3.44. The molecule has 230 valence electrons. The van der Waals surface area contributed by atoms with Crippen molar-refractivity contribution >= 4 is 50.7 Å². The van der Waals surface area contributed by atoms with Crippen molar-refractivity contribution in [2.45, 2.75) is 30.8 Å². The molecule has 2 amide bonds. The van der Waals surface area contributed by atoms with Gasteiger partial charge < -0.3 is 15.0 Å². The molecular weight excluding hydrogens is 621 g/mol. The number of hydrogen-bond acceptors (Lipinski definition) is 5. The largest absolute Gasteiger partial charge is 0.494 e. The van der Waals surface area contributed by atoms with Crippen molar-refractivity contribution in [1.82, 2.24) is 10.2 Å². The molecule has 0 unspecified atom stereocenters. The number of rotatable bonds is 13. The Morgan fingerprint density at radius 2 is 1.50 bits per heavy atom. The van der Waals surface area contributed by atoms with Gasteiger partial charge >= 0.3 is 0 Å². The molecule has 0 fully saturated rings. The van der Waals surface area contributed by atoms with Gasteiger partial charge in [0.2, 0.25) is 11.8 Å². The van der Waals surface area contributed by atoms with E-state index in [1.54, 1.807) is 48.5 Å². The molecule has 0 aromatic heterocycles. The van der Waals surface area contributed by atoms with Gasteiger partial charge in [0.05, 0.1) is 17.2 Å². The molecule has 4 aromatic rings. The van der Waals surface area contributed by atoms with E-state index < -0.39 is 34.4 Å². The van der Waals surface area contributed by atoms with Crippen LogP contribution in [0.3, 0.4) is 0 Å². The highest BCUT2D eigenvalue weighted by atomic mass is 35.5. The minimum atomic E-state index is -4.26. The van der Waals surface area contributed by atoms with Gasteiger partial charge in [-0.1, -0.05) is 71.7 Å². The zero-order valence-corrected chi connectivity index (χ0v) is 26.6. The van der Waals surface area contributed by atoms with Crippen LogP contribution in [0.4, 0.5) is 5.69 Å². The number of ether oxygens (including phenoxy) is 1. The zero-order chi connectivity index (χ0) is 31.7. The van der Waals surface area contributed by atoms with Gasteiger partial charge in [0.1, 0.15) is 18.3 Å². The molecule has 4 rings (SSSR count). The van der Waals surface area contributed by atoms with Crippen molar-refractivity contribution in [1.29, 1.82) is 0 Å². The second-order valence-electron chi connectivity index (χ2n) is 9.83. The fourth-order valence-electron chi connectivity index (χ4n) is 4.67. The summed E-state index contributed by atoms with van der Waals surface area (Å²) in [6.45, 7) is 1.66. The molecule has 1 N–H and O–H groups in total. The Morgan fingerprint density at radius 1 is 0.864 bits per heavy atom. The summed E-state index contributed by atoms with van der Waals surface area (Å²) in [5.74, 6) is -0.447. The molecule has 0 heterocycles. The van der Waals surface area contributed by atoms with Crippen molar-refractivity contribution in [3.8, 4) is 5.75 Å². The van der Waals surface area contributed by atoms with Crippen molar-refractivity contribution in [2.75, 3.05) is 24.5 Å². The van der Waals surface area contributed by atoms with Crippen LogP contribution in [0, 0.1) is 0 Å².